The molecule has 1 aliphatic carbocycles. The fourth-order valence-electron chi connectivity index (χ4n) is 5.42. The van der Waals surface area contributed by atoms with E-state index in [2.05, 4.69) is 83.3 Å². The molecule has 0 unspecified atom stereocenters. The fraction of sp³-hybridized carbons (Fsp3) is 0.441. The van der Waals surface area contributed by atoms with Gasteiger partial charge in [-0.25, -0.2) is 4.79 Å². The molecular formula is C34H43NO2S. The number of rotatable bonds is 10. The van der Waals surface area contributed by atoms with Crippen molar-refractivity contribution in [3.63, 3.8) is 0 Å². The maximum atomic E-state index is 11.3. The number of benzene rings is 3. The Labute approximate surface area is 233 Å². The Kier molecular flexibility index (Phi) is 8.74. The van der Waals surface area contributed by atoms with Crippen molar-refractivity contribution in [2.75, 3.05) is 12.3 Å². The number of nitrogens with one attached hydrogen (secondary N) is 1. The van der Waals surface area contributed by atoms with E-state index in [4.69, 9.17) is 0 Å². The molecule has 0 atom stereocenters. The summed E-state index contributed by atoms with van der Waals surface area (Å²) in [5.41, 5.74) is 8.28. The van der Waals surface area contributed by atoms with Crippen LogP contribution in [0.15, 0.2) is 65.6 Å². The summed E-state index contributed by atoms with van der Waals surface area (Å²) >= 11 is 1.94. The Balaban J connectivity index is 1.69. The maximum absolute atomic E-state index is 11.3. The Morgan fingerprint density at radius 3 is 2.13 bits per heavy atom. The molecule has 38 heavy (non-hydrogen) atoms. The molecule has 3 aromatic rings. The molecule has 1 aliphatic rings. The number of hydrogen-bond donors (Lipinski definition) is 2. The zero-order valence-corrected chi connectivity index (χ0v) is 24.7. The van der Waals surface area contributed by atoms with E-state index in [0.717, 1.165) is 23.4 Å². The highest BCUT2D eigenvalue weighted by Gasteiger charge is 2.37. The molecule has 0 radical (unpaired) electrons. The van der Waals surface area contributed by atoms with Gasteiger partial charge in [-0.1, -0.05) is 77.9 Å². The summed E-state index contributed by atoms with van der Waals surface area (Å²) in [6.07, 6.45) is 4.75. The maximum Gasteiger partial charge on any atom is 0.335 e. The lowest BCUT2D eigenvalue weighted by atomic mass is 9.63. The lowest BCUT2D eigenvalue weighted by Gasteiger charge is -2.42. The summed E-state index contributed by atoms with van der Waals surface area (Å²) in [5, 5.41) is 12.8. The molecule has 0 spiro atoms. The number of hydrogen-bond acceptors (Lipinski definition) is 3. The first-order valence-corrected chi connectivity index (χ1v) is 15.0. The highest BCUT2D eigenvalue weighted by Crippen LogP contribution is 2.47. The number of aromatic carboxylic acids is 1. The molecular weight excluding hydrogens is 486 g/mol. The van der Waals surface area contributed by atoms with E-state index >= 15 is 0 Å². The third-order valence-corrected chi connectivity index (χ3v) is 9.15. The lowest BCUT2D eigenvalue weighted by molar-refractivity contribution is 0.0697. The number of carbonyl (C=O) groups is 1. The molecule has 2 N–H and O–H groups in total. The van der Waals surface area contributed by atoms with Crippen LogP contribution in [0.4, 0.5) is 0 Å². The largest absolute Gasteiger partial charge is 0.478 e. The lowest BCUT2D eigenvalue weighted by Crippen LogP contribution is -2.33. The van der Waals surface area contributed by atoms with Crippen LogP contribution in [-0.2, 0) is 10.8 Å². The van der Waals surface area contributed by atoms with Gasteiger partial charge in [0.15, 0.2) is 0 Å². The molecule has 0 aromatic heterocycles. The van der Waals surface area contributed by atoms with E-state index < -0.39 is 5.97 Å². The second kappa shape index (κ2) is 11.7. The minimum absolute atomic E-state index is 0.155. The van der Waals surface area contributed by atoms with Crippen molar-refractivity contribution in [1.82, 2.24) is 5.32 Å². The van der Waals surface area contributed by atoms with Crippen molar-refractivity contribution in [2.45, 2.75) is 89.0 Å². The minimum Gasteiger partial charge on any atom is -0.478 e. The van der Waals surface area contributed by atoms with Crippen molar-refractivity contribution in [3.8, 4) is 22.3 Å². The van der Waals surface area contributed by atoms with Crippen LogP contribution in [0.2, 0.25) is 0 Å². The van der Waals surface area contributed by atoms with Gasteiger partial charge in [-0.2, -0.15) is 0 Å². The summed E-state index contributed by atoms with van der Waals surface area (Å²) in [5.74, 6) is 0.190. The van der Waals surface area contributed by atoms with Gasteiger partial charge in [0.25, 0.3) is 0 Å². The predicted molar refractivity (Wildman–Crippen MR) is 163 cm³/mol. The zero-order chi connectivity index (χ0) is 27.5. The molecule has 0 saturated carbocycles. The number of carboxylic acid groups (broad SMARTS) is 1. The molecule has 0 bridgehead atoms. The van der Waals surface area contributed by atoms with E-state index in [1.54, 1.807) is 12.1 Å². The van der Waals surface area contributed by atoms with Gasteiger partial charge in [0.1, 0.15) is 0 Å². The van der Waals surface area contributed by atoms with Crippen LogP contribution < -0.4 is 5.32 Å². The zero-order valence-electron chi connectivity index (χ0n) is 23.9. The van der Waals surface area contributed by atoms with Crippen molar-refractivity contribution >= 4 is 17.7 Å². The third kappa shape index (κ3) is 6.52. The summed E-state index contributed by atoms with van der Waals surface area (Å²) in [6, 6.07) is 21.6. The van der Waals surface area contributed by atoms with Crippen LogP contribution in [0, 0.1) is 0 Å². The number of carboxylic acids is 1. The van der Waals surface area contributed by atoms with Gasteiger partial charge in [-0.05, 0) is 106 Å². The number of thioether (sulfide) groups is 1. The Morgan fingerprint density at radius 1 is 0.842 bits per heavy atom. The van der Waals surface area contributed by atoms with Gasteiger partial charge in [-0.15, -0.1) is 11.8 Å². The van der Waals surface area contributed by atoms with Crippen molar-refractivity contribution < 1.29 is 9.90 Å². The standard InChI is InChI=1S/C34H43NO2S/c1-23(2)35-19-7-8-20-38-31-16-14-26(24-9-11-25(12-10-24)32(36)37)21-28(31)27-13-15-29-30(22-27)34(5,6)18-17-33(29,3)4/h9-16,21-23,35H,7-8,17-20H2,1-6H3,(H,36,37). The second-order valence-corrected chi connectivity index (χ2v) is 13.4. The van der Waals surface area contributed by atoms with E-state index in [1.807, 2.05) is 23.9 Å². The summed E-state index contributed by atoms with van der Waals surface area (Å²) in [6.45, 7) is 15.0. The molecule has 4 heteroatoms. The van der Waals surface area contributed by atoms with Crippen LogP contribution >= 0.6 is 11.8 Å². The smallest absolute Gasteiger partial charge is 0.335 e. The Hall–Kier alpha value is -2.56. The normalized spacial score (nSPS) is 15.9. The van der Waals surface area contributed by atoms with E-state index in [1.165, 1.54) is 52.8 Å². The monoisotopic (exact) mass is 529 g/mol. The van der Waals surface area contributed by atoms with E-state index in [9.17, 15) is 9.90 Å². The molecule has 0 amide bonds. The molecule has 3 nitrogen and oxygen atoms in total. The van der Waals surface area contributed by atoms with Gasteiger partial charge in [0, 0.05) is 10.9 Å². The fourth-order valence-corrected chi connectivity index (χ4v) is 6.49. The first-order chi connectivity index (χ1) is 18.0. The van der Waals surface area contributed by atoms with E-state index in [-0.39, 0.29) is 10.8 Å². The SMILES string of the molecule is CC(C)NCCCCSc1ccc(-c2ccc(C(=O)O)cc2)cc1-c1ccc2c(c1)C(C)(C)CCC2(C)C. The van der Waals surface area contributed by atoms with Gasteiger partial charge < -0.3 is 10.4 Å². The second-order valence-electron chi connectivity index (χ2n) is 12.3. The minimum atomic E-state index is -0.896. The van der Waals surface area contributed by atoms with E-state index in [0.29, 0.717) is 11.6 Å². The van der Waals surface area contributed by atoms with Crippen LogP contribution in [0.1, 0.15) is 88.7 Å². The molecule has 0 fully saturated rings. The molecule has 4 rings (SSSR count). The molecule has 0 saturated heterocycles. The number of unbranched alkanes of at least 4 members (excludes halogenated alkanes) is 1. The topological polar surface area (TPSA) is 49.3 Å². The van der Waals surface area contributed by atoms with Gasteiger partial charge in [0.2, 0.25) is 0 Å². The predicted octanol–water partition coefficient (Wildman–Crippen LogP) is 8.94. The highest BCUT2D eigenvalue weighted by atomic mass is 32.2. The molecule has 0 aliphatic heterocycles. The Morgan fingerprint density at radius 2 is 1.47 bits per heavy atom. The third-order valence-electron chi connectivity index (χ3n) is 7.99. The van der Waals surface area contributed by atoms with Gasteiger partial charge in [0.05, 0.1) is 5.56 Å². The summed E-state index contributed by atoms with van der Waals surface area (Å²) in [4.78, 5) is 12.6. The van der Waals surface area contributed by atoms with Crippen molar-refractivity contribution in [2.24, 2.45) is 0 Å². The van der Waals surface area contributed by atoms with Gasteiger partial charge in [-0.3, -0.25) is 0 Å². The average Bonchev–Trinajstić information content (AvgIpc) is 2.88. The highest BCUT2D eigenvalue weighted by molar-refractivity contribution is 7.99. The summed E-state index contributed by atoms with van der Waals surface area (Å²) in [7, 11) is 0. The van der Waals surface area contributed by atoms with Crippen LogP contribution in [0.5, 0.6) is 0 Å². The molecule has 0 heterocycles. The quantitative estimate of drug-likeness (QED) is 0.203. The van der Waals surface area contributed by atoms with Crippen molar-refractivity contribution in [3.05, 3.63) is 77.4 Å². The molecule has 202 valence electrons. The van der Waals surface area contributed by atoms with Crippen LogP contribution in [-0.4, -0.2) is 29.4 Å². The average molecular weight is 530 g/mol. The van der Waals surface area contributed by atoms with Crippen LogP contribution in [0.25, 0.3) is 22.3 Å². The molecule has 3 aromatic carbocycles. The van der Waals surface area contributed by atoms with Crippen LogP contribution in [0.3, 0.4) is 0 Å². The van der Waals surface area contributed by atoms with Crippen molar-refractivity contribution in [1.29, 1.82) is 0 Å². The van der Waals surface area contributed by atoms with Gasteiger partial charge >= 0.3 is 5.97 Å². The first-order valence-electron chi connectivity index (χ1n) is 14.0. The summed E-state index contributed by atoms with van der Waals surface area (Å²) < 4.78 is 0. The first kappa shape index (κ1) is 28.4. The Bertz CT molecular complexity index is 1270. The number of fused-ring (bicyclic) bond motifs is 1.